The van der Waals surface area contributed by atoms with Gasteiger partial charge in [0.25, 0.3) is 0 Å². The average Bonchev–Trinajstić information content (AvgIpc) is 3.20. The molecule has 1 aliphatic heterocycles. The molecular weight excluding hydrogens is 286 g/mol. The van der Waals surface area contributed by atoms with E-state index in [4.69, 9.17) is 9.15 Å². The molecule has 1 aliphatic rings. The third kappa shape index (κ3) is 3.95. The second kappa shape index (κ2) is 7.22. The van der Waals surface area contributed by atoms with E-state index in [2.05, 4.69) is 21.7 Å². The minimum absolute atomic E-state index is 0.341. The molecule has 1 N–H and O–H groups in total. The molecule has 114 valence electrons. The van der Waals surface area contributed by atoms with E-state index in [1.165, 1.54) is 18.4 Å². The summed E-state index contributed by atoms with van der Waals surface area (Å²) in [6, 6.07) is 6.36. The average molecular weight is 307 g/mol. The fourth-order valence-corrected chi connectivity index (χ4v) is 3.61. The van der Waals surface area contributed by atoms with Gasteiger partial charge >= 0.3 is 0 Å². The molecule has 3 rings (SSSR count). The lowest BCUT2D eigenvalue weighted by molar-refractivity contribution is 0.00311. The number of ether oxygens (including phenoxy) is 1. The molecule has 1 saturated heterocycles. The summed E-state index contributed by atoms with van der Waals surface area (Å²) in [6.45, 7) is 2.47. The highest BCUT2D eigenvalue weighted by Crippen LogP contribution is 2.32. The monoisotopic (exact) mass is 307 g/mol. The van der Waals surface area contributed by atoms with Crippen LogP contribution >= 0.6 is 11.3 Å². The normalized spacial score (nSPS) is 20.9. The van der Waals surface area contributed by atoms with Crippen LogP contribution in [0.15, 0.2) is 39.6 Å². The molecule has 21 heavy (non-hydrogen) atoms. The number of aliphatic hydroxyl groups excluding tert-OH is 1. The van der Waals surface area contributed by atoms with Gasteiger partial charge < -0.3 is 14.3 Å². The minimum Gasteiger partial charge on any atom is -0.467 e. The standard InChI is InChI=1S/C16H21NO3S/c18-14(10-19-11-15-3-2-7-20-15)9-17-6-1-4-16(17)13-5-8-21-12-13/h2-3,5,7-8,12,14,16,18H,1,4,6,9-11H2/t14-,16-/m1/s1. The molecule has 2 aromatic rings. The number of rotatable bonds is 7. The summed E-state index contributed by atoms with van der Waals surface area (Å²) in [4.78, 5) is 2.36. The summed E-state index contributed by atoms with van der Waals surface area (Å²) in [5.74, 6) is 0.791. The molecule has 5 heteroatoms. The van der Waals surface area contributed by atoms with E-state index in [0.29, 0.717) is 25.8 Å². The molecule has 0 saturated carbocycles. The Bertz CT molecular complexity index is 512. The number of furan rings is 1. The molecule has 0 bridgehead atoms. The number of nitrogens with zero attached hydrogens (tertiary/aromatic N) is 1. The second-order valence-electron chi connectivity index (χ2n) is 5.46. The third-order valence-electron chi connectivity index (χ3n) is 3.87. The zero-order valence-corrected chi connectivity index (χ0v) is 12.8. The van der Waals surface area contributed by atoms with Crippen LogP contribution in [0.5, 0.6) is 0 Å². The Morgan fingerprint density at radius 3 is 3.19 bits per heavy atom. The van der Waals surface area contributed by atoms with Gasteiger partial charge in [0.05, 0.1) is 19.0 Å². The molecule has 3 heterocycles. The molecule has 4 nitrogen and oxygen atoms in total. The van der Waals surface area contributed by atoms with Crippen molar-refractivity contribution in [3.63, 3.8) is 0 Å². The molecule has 0 amide bonds. The van der Waals surface area contributed by atoms with Crippen molar-refractivity contribution >= 4 is 11.3 Å². The summed E-state index contributed by atoms with van der Waals surface area (Å²) in [6.07, 6.45) is 3.54. The summed E-state index contributed by atoms with van der Waals surface area (Å²) < 4.78 is 10.7. The first kappa shape index (κ1) is 14.8. The highest BCUT2D eigenvalue weighted by atomic mass is 32.1. The van der Waals surface area contributed by atoms with Crippen molar-refractivity contribution in [3.05, 3.63) is 46.5 Å². The van der Waals surface area contributed by atoms with E-state index in [1.807, 2.05) is 12.1 Å². The summed E-state index contributed by atoms with van der Waals surface area (Å²) >= 11 is 1.74. The fourth-order valence-electron chi connectivity index (χ4n) is 2.90. The van der Waals surface area contributed by atoms with E-state index < -0.39 is 6.10 Å². The SMILES string of the molecule is O[C@@H](COCc1ccco1)CN1CCC[C@@H]1c1ccsc1. The van der Waals surface area contributed by atoms with Gasteiger partial charge in [-0.1, -0.05) is 0 Å². The zero-order valence-electron chi connectivity index (χ0n) is 12.0. The third-order valence-corrected chi connectivity index (χ3v) is 4.57. The maximum atomic E-state index is 10.2. The number of aliphatic hydroxyl groups is 1. The number of likely N-dealkylation sites (tertiary alicyclic amines) is 1. The summed E-state index contributed by atoms with van der Waals surface area (Å²) in [5, 5.41) is 14.5. The molecular formula is C16H21NO3S. The van der Waals surface area contributed by atoms with Crippen molar-refractivity contribution in [1.29, 1.82) is 0 Å². The van der Waals surface area contributed by atoms with Gasteiger partial charge in [-0.15, -0.1) is 0 Å². The predicted molar refractivity (Wildman–Crippen MR) is 82.2 cm³/mol. The molecule has 1 fully saturated rings. The number of hydrogen-bond acceptors (Lipinski definition) is 5. The highest BCUT2D eigenvalue weighted by Gasteiger charge is 2.27. The number of thiophene rings is 1. The van der Waals surface area contributed by atoms with Crippen LogP contribution in [0.25, 0.3) is 0 Å². The van der Waals surface area contributed by atoms with Crippen molar-refractivity contribution in [1.82, 2.24) is 4.90 Å². The first-order valence-electron chi connectivity index (χ1n) is 7.37. The van der Waals surface area contributed by atoms with Crippen molar-refractivity contribution < 1.29 is 14.3 Å². The summed E-state index contributed by atoms with van der Waals surface area (Å²) in [5.41, 5.74) is 1.38. The Morgan fingerprint density at radius 1 is 1.48 bits per heavy atom. The fraction of sp³-hybridized carbons (Fsp3) is 0.500. The first-order chi connectivity index (χ1) is 10.3. The van der Waals surface area contributed by atoms with Gasteiger partial charge in [-0.2, -0.15) is 11.3 Å². The van der Waals surface area contributed by atoms with Gasteiger partial charge in [-0.25, -0.2) is 0 Å². The van der Waals surface area contributed by atoms with Gasteiger partial charge in [0, 0.05) is 12.6 Å². The van der Waals surface area contributed by atoms with Crippen molar-refractivity contribution in [3.8, 4) is 0 Å². The topological polar surface area (TPSA) is 45.8 Å². The van der Waals surface area contributed by atoms with Crippen LogP contribution in [-0.2, 0) is 11.3 Å². The lowest BCUT2D eigenvalue weighted by atomic mass is 10.1. The van der Waals surface area contributed by atoms with E-state index >= 15 is 0 Å². The van der Waals surface area contributed by atoms with Crippen LogP contribution in [0.3, 0.4) is 0 Å². The van der Waals surface area contributed by atoms with Crippen LogP contribution in [0.4, 0.5) is 0 Å². The lowest BCUT2D eigenvalue weighted by Gasteiger charge is -2.26. The second-order valence-corrected chi connectivity index (χ2v) is 6.24. The molecule has 0 aromatic carbocycles. The van der Waals surface area contributed by atoms with Crippen LogP contribution < -0.4 is 0 Å². The molecule has 0 spiro atoms. The smallest absolute Gasteiger partial charge is 0.129 e. The van der Waals surface area contributed by atoms with Crippen LogP contribution in [-0.4, -0.2) is 35.8 Å². The van der Waals surface area contributed by atoms with Gasteiger partial charge in [0.2, 0.25) is 0 Å². The Hall–Kier alpha value is -1.14. The Balaban J connectivity index is 1.44. The molecule has 0 radical (unpaired) electrons. The lowest BCUT2D eigenvalue weighted by Crippen LogP contribution is -2.34. The Labute approximate surface area is 129 Å². The van der Waals surface area contributed by atoms with Crippen LogP contribution in [0.1, 0.15) is 30.2 Å². The first-order valence-corrected chi connectivity index (χ1v) is 8.31. The molecule has 2 atom stereocenters. The molecule has 2 aromatic heterocycles. The minimum atomic E-state index is -0.459. The van der Waals surface area contributed by atoms with E-state index in [0.717, 1.165) is 12.3 Å². The Morgan fingerprint density at radius 2 is 2.43 bits per heavy atom. The Kier molecular flexibility index (Phi) is 5.08. The van der Waals surface area contributed by atoms with E-state index in [1.54, 1.807) is 17.6 Å². The van der Waals surface area contributed by atoms with Crippen LogP contribution in [0, 0.1) is 0 Å². The maximum absolute atomic E-state index is 10.2. The number of hydrogen-bond donors (Lipinski definition) is 1. The molecule has 0 aliphatic carbocycles. The number of β-amino-alcohol motifs (C(OH)–C–C–N with tert-alkyl or cyclic N) is 1. The van der Waals surface area contributed by atoms with Crippen molar-refractivity contribution in [2.75, 3.05) is 19.7 Å². The molecule has 0 unspecified atom stereocenters. The van der Waals surface area contributed by atoms with Crippen molar-refractivity contribution in [2.24, 2.45) is 0 Å². The predicted octanol–water partition coefficient (Wildman–Crippen LogP) is 3.06. The maximum Gasteiger partial charge on any atom is 0.129 e. The summed E-state index contributed by atoms with van der Waals surface area (Å²) in [7, 11) is 0. The highest BCUT2D eigenvalue weighted by molar-refractivity contribution is 7.07. The van der Waals surface area contributed by atoms with Crippen molar-refractivity contribution in [2.45, 2.75) is 31.6 Å². The van der Waals surface area contributed by atoms with Gasteiger partial charge in [-0.3, -0.25) is 4.90 Å². The van der Waals surface area contributed by atoms with Gasteiger partial charge in [0.15, 0.2) is 0 Å². The van der Waals surface area contributed by atoms with Gasteiger partial charge in [0.1, 0.15) is 12.4 Å². The quantitative estimate of drug-likeness (QED) is 0.854. The van der Waals surface area contributed by atoms with Gasteiger partial charge in [-0.05, 0) is 53.9 Å². The zero-order chi connectivity index (χ0) is 14.5. The van der Waals surface area contributed by atoms with E-state index in [9.17, 15) is 5.11 Å². The largest absolute Gasteiger partial charge is 0.467 e. The van der Waals surface area contributed by atoms with E-state index in [-0.39, 0.29) is 0 Å². The van der Waals surface area contributed by atoms with Crippen LogP contribution in [0.2, 0.25) is 0 Å².